The van der Waals surface area contributed by atoms with E-state index in [-0.39, 0.29) is 11.8 Å². The van der Waals surface area contributed by atoms with Crippen LogP contribution < -0.4 is 16.0 Å². The number of carbonyl (C=O) groups is 2. The Morgan fingerprint density at radius 2 is 2.04 bits per heavy atom. The zero-order chi connectivity index (χ0) is 17.5. The summed E-state index contributed by atoms with van der Waals surface area (Å²) in [6.07, 6.45) is 0. The molecule has 0 spiro atoms. The van der Waals surface area contributed by atoms with E-state index in [2.05, 4.69) is 26.1 Å². The number of aromatic nitrogens is 2. The lowest BCUT2D eigenvalue weighted by Gasteiger charge is -2.08. The molecule has 3 amide bonds. The lowest BCUT2D eigenvalue weighted by atomic mass is 10.3. The number of hydrogen-bond donors (Lipinski definition) is 3. The Bertz CT molecular complexity index is 723. The molecule has 128 valence electrons. The van der Waals surface area contributed by atoms with Crippen molar-refractivity contribution in [2.45, 2.75) is 24.2 Å². The van der Waals surface area contributed by atoms with Gasteiger partial charge in [0.1, 0.15) is 5.82 Å². The van der Waals surface area contributed by atoms with Gasteiger partial charge in [0.25, 0.3) is 0 Å². The van der Waals surface area contributed by atoms with E-state index in [0.29, 0.717) is 15.2 Å². The van der Waals surface area contributed by atoms with E-state index < -0.39 is 17.8 Å². The van der Waals surface area contributed by atoms with Gasteiger partial charge in [0.15, 0.2) is 4.34 Å². The largest absolute Gasteiger partial charge is 0.336 e. The van der Waals surface area contributed by atoms with Gasteiger partial charge >= 0.3 is 6.03 Å². The molecular formula is C14H16FN5O2S2. The average Bonchev–Trinajstić information content (AvgIpc) is 2.94. The number of hydrogen-bond acceptors (Lipinski definition) is 7. The van der Waals surface area contributed by atoms with Gasteiger partial charge in [-0.15, -0.1) is 10.2 Å². The van der Waals surface area contributed by atoms with Crippen molar-refractivity contribution in [1.29, 1.82) is 0 Å². The number of nitrogens with one attached hydrogen (secondary N) is 3. The topological polar surface area (TPSA) is 96.0 Å². The number of halogens is 1. The van der Waals surface area contributed by atoms with Gasteiger partial charge in [-0.1, -0.05) is 35.2 Å². The van der Waals surface area contributed by atoms with E-state index in [1.54, 1.807) is 32.0 Å². The maximum atomic E-state index is 13.5. The van der Waals surface area contributed by atoms with Gasteiger partial charge in [0.2, 0.25) is 11.0 Å². The van der Waals surface area contributed by atoms with Crippen LogP contribution in [0, 0.1) is 5.82 Å². The third-order valence-electron chi connectivity index (χ3n) is 2.52. The number of imide groups is 1. The summed E-state index contributed by atoms with van der Waals surface area (Å²) in [6, 6.07) is 5.64. The number of anilines is 2. The minimum atomic E-state index is -0.533. The first-order valence-electron chi connectivity index (χ1n) is 7.02. The Morgan fingerprint density at radius 1 is 1.29 bits per heavy atom. The summed E-state index contributed by atoms with van der Waals surface area (Å²) in [5.74, 6) is -0.797. The molecule has 0 fully saturated rings. The van der Waals surface area contributed by atoms with Crippen molar-refractivity contribution >= 4 is 45.9 Å². The second-order valence-corrected chi connectivity index (χ2v) is 7.14. The molecule has 0 aliphatic rings. The molecular weight excluding hydrogens is 353 g/mol. The third kappa shape index (κ3) is 5.78. The third-order valence-corrected chi connectivity index (χ3v) is 4.49. The molecule has 2 aromatic rings. The monoisotopic (exact) mass is 369 g/mol. The first-order valence-corrected chi connectivity index (χ1v) is 8.82. The van der Waals surface area contributed by atoms with E-state index in [4.69, 9.17) is 0 Å². The van der Waals surface area contributed by atoms with Crippen LogP contribution in [-0.4, -0.2) is 33.9 Å². The fourth-order valence-electron chi connectivity index (χ4n) is 1.58. The van der Waals surface area contributed by atoms with Gasteiger partial charge in [0, 0.05) is 6.04 Å². The minimum absolute atomic E-state index is 0.0276. The van der Waals surface area contributed by atoms with Crippen LogP contribution in [0.2, 0.25) is 0 Å². The highest BCUT2D eigenvalue weighted by molar-refractivity contribution is 8.01. The molecule has 7 nitrogen and oxygen atoms in total. The minimum Gasteiger partial charge on any atom is -0.336 e. The van der Waals surface area contributed by atoms with Gasteiger partial charge in [0.05, 0.1) is 11.4 Å². The molecule has 3 N–H and O–H groups in total. The summed E-state index contributed by atoms with van der Waals surface area (Å²) in [5.41, 5.74) is 0.299. The van der Waals surface area contributed by atoms with Crippen LogP contribution >= 0.6 is 23.1 Å². The number of para-hydroxylation sites is 1. The number of carbonyl (C=O) groups excluding carboxylic acids is 2. The molecule has 0 saturated carbocycles. The van der Waals surface area contributed by atoms with Gasteiger partial charge < -0.3 is 10.6 Å². The molecule has 0 aliphatic heterocycles. The van der Waals surface area contributed by atoms with Gasteiger partial charge in [-0.2, -0.15) is 0 Å². The SMILES string of the molecule is CC(C)NC(=O)NC(=O)CSc1nnc(Nc2ccccc2F)s1. The first kappa shape index (κ1) is 18.1. The van der Waals surface area contributed by atoms with E-state index in [1.165, 1.54) is 17.4 Å². The summed E-state index contributed by atoms with van der Waals surface area (Å²) in [7, 11) is 0. The van der Waals surface area contributed by atoms with Crippen molar-refractivity contribution < 1.29 is 14.0 Å². The second kappa shape index (κ2) is 8.60. The number of rotatable bonds is 6. The Labute approximate surface area is 146 Å². The fraction of sp³-hybridized carbons (Fsp3) is 0.286. The van der Waals surface area contributed by atoms with E-state index in [9.17, 15) is 14.0 Å². The molecule has 1 heterocycles. The highest BCUT2D eigenvalue weighted by atomic mass is 32.2. The van der Waals surface area contributed by atoms with Crippen molar-refractivity contribution in [3.63, 3.8) is 0 Å². The summed E-state index contributed by atoms with van der Waals surface area (Å²) < 4.78 is 14.1. The molecule has 24 heavy (non-hydrogen) atoms. The predicted octanol–water partition coefficient (Wildman–Crippen LogP) is 2.75. The molecule has 0 radical (unpaired) electrons. The van der Waals surface area contributed by atoms with Crippen molar-refractivity contribution in [2.24, 2.45) is 0 Å². The van der Waals surface area contributed by atoms with Gasteiger partial charge in [-0.25, -0.2) is 9.18 Å². The summed E-state index contributed by atoms with van der Waals surface area (Å²) in [4.78, 5) is 23.0. The summed E-state index contributed by atoms with van der Waals surface area (Å²) in [6.45, 7) is 3.59. The maximum Gasteiger partial charge on any atom is 0.321 e. The van der Waals surface area contributed by atoms with Crippen molar-refractivity contribution in [1.82, 2.24) is 20.8 Å². The van der Waals surface area contributed by atoms with E-state index >= 15 is 0 Å². The van der Waals surface area contributed by atoms with Crippen molar-refractivity contribution in [3.05, 3.63) is 30.1 Å². The maximum absolute atomic E-state index is 13.5. The molecule has 0 unspecified atom stereocenters. The normalized spacial score (nSPS) is 10.5. The number of urea groups is 1. The van der Waals surface area contributed by atoms with Crippen molar-refractivity contribution in [2.75, 3.05) is 11.1 Å². The van der Waals surface area contributed by atoms with E-state index in [0.717, 1.165) is 11.8 Å². The average molecular weight is 369 g/mol. The predicted molar refractivity (Wildman–Crippen MR) is 92.1 cm³/mol. The molecule has 1 aromatic carbocycles. The smallest absolute Gasteiger partial charge is 0.321 e. The standard InChI is InChI=1S/C14H16FN5O2S2/c1-8(2)16-12(22)18-11(21)7-23-14-20-19-13(24-14)17-10-6-4-3-5-9(10)15/h3-6,8H,7H2,1-2H3,(H,17,19)(H2,16,18,21,22). The molecule has 0 bridgehead atoms. The van der Waals surface area contributed by atoms with Crippen LogP contribution in [-0.2, 0) is 4.79 Å². The molecule has 0 saturated heterocycles. The molecule has 2 rings (SSSR count). The van der Waals surface area contributed by atoms with Crippen LogP contribution in [0.25, 0.3) is 0 Å². The van der Waals surface area contributed by atoms with Crippen LogP contribution in [0.15, 0.2) is 28.6 Å². The molecule has 10 heteroatoms. The fourth-order valence-corrected chi connectivity index (χ4v) is 3.15. The number of amides is 3. The first-order chi connectivity index (χ1) is 11.4. The Kier molecular flexibility index (Phi) is 6.50. The van der Waals surface area contributed by atoms with E-state index in [1.807, 2.05) is 0 Å². The second-order valence-electron chi connectivity index (χ2n) is 4.94. The lowest BCUT2D eigenvalue weighted by Crippen LogP contribution is -2.43. The molecule has 0 atom stereocenters. The highest BCUT2D eigenvalue weighted by Crippen LogP contribution is 2.28. The Hall–Kier alpha value is -2.20. The van der Waals surface area contributed by atoms with Crippen LogP contribution in [0.3, 0.4) is 0 Å². The quantitative estimate of drug-likeness (QED) is 0.678. The summed E-state index contributed by atoms with van der Waals surface area (Å²) in [5, 5.41) is 15.8. The number of thioether (sulfide) groups is 1. The number of nitrogens with zero attached hydrogens (tertiary/aromatic N) is 2. The zero-order valence-electron chi connectivity index (χ0n) is 13.0. The molecule has 1 aromatic heterocycles. The summed E-state index contributed by atoms with van der Waals surface area (Å²) >= 11 is 2.33. The van der Waals surface area contributed by atoms with Crippen LogP contribution in [0.5, 0.6) is 0 Å². The van der Waals surface area contributed by atoms with Gasteiger partial charge in [-0.3, -0.25) is 10.1 Å². The zero-order valence-corrected chi connectivity index (χ0v) is 14.6. The Morgan fingerprint density at radius 3 is 2.75 bits per heavy atom. The lowest BCUT2D eigenvalue weighted by molar-refractivity contribution is -0.117. The Balaban J connectivity index is 1.82. The molecule has 0 aliphatic carbocycles. The van der Waals surface area contributed by atoms with Gasteiger partial charge in [-0.05, 0) is 26.0 Å². The van der Waals surface area contributed by atoms with Crippen molar-refractivity contribution in [3.8, 4) is 0 Å². The van der Waals surface area contributed by atoms with Crippen LogP contribution in [0.1, 0.15) is 13.8 Å². The van der Waals surface area contributed by atoms with Crippen LogP contribution in [0.4, 0.5) is 20.0 Å². The highest BCUT2D eigenvalue weighted by Gasteiger charge is 2.12. The number of benzene rings is 1.